The fourth-order valence-corrected chi connectivity index (χ4v) is 2.32. The topological polar surface area (TPSA) is 89.3 Å². The number of rotatable bonds is 3. The number of hydrogen-bond donors (Lipinski definition) is 1. The van der Waals surface area contributed by atoms with Crippen LogP contribution in [0.2, 0.25) is 10.0 Å². The maximum atomic E-state index is 12.5. The van der Waals surface area contributed by atoms with Crippen LogP contribution in [-0.2, 0) is 0 Å². The Hall–Kier alpha value is -2.18. The van der Waals surface area contributed by atoms with Gasteiger partial charge in [0.1, 0.15) is 11.3 Å². The molecule has 2 aromatic rings. The van der Waals surface area contributed by atoms with E-state index in [1.807, 2.05) is 0 Å². The van der Waals surface area contributed by atoms with Crippen LogP contribution < -0.4 is 5.56 Å². The minimum absolute atomic E-state index is 0.0974. The van der Waals surface area contributed by atoms with Crippen molar-refractivity contribution in [2.75, 3.05) is 0 Å². The third-order valence-corrected chi connectivity index (χ3v) is 3.75. The average molecular weight is 369 g/mol. The zero-order chi connectivity index (χ0) is 18.2. The van der Waals surface area contributed by atoms with Crippen LogP contribution in [0.5, 0.6) is 0 Å². The molecular weight excluding hydrogens is 355 g/mol. The summed E-state index contributed by atoms with van der Waals surface area (Å²) in [6.07, 6.45) is 0. The summed E-state index contributed by atoms with van der Waals surface area (Å²) in [5.74, 6) is -1.87. The lowest BCUT2D eigenvalue weighted by Crippen LogP contribution is -2.32. The van der Waals surface area contributed by atoms with Gasteiger partial charge in [-0.15, -0.1) is 0 Å². The minimum atomic E-state index is -1.46. The highest BCUT2D eigenvalue weighted by molar-refractivity contribution is 6.34. The number of nitrogens with zero attached hydrogens (tertiary/aromatic N) is 2. The molecule has 0 saturated carbocycles. The Labute approximate surface area is 147 Å². The van der Waals surface area contributed by atoms with Gasteiger partial charge >= 0.3 is 5.97 Å². The van der Waals surface area contributed by atoms with Crippen molar-refractivity contribution in [1.82, 2.24) is 9.78 Å². The van der Waals surface area contributed by atoms with Crippen LogP contribution >= 0.6 is 23.2 Å². The molecule has 0 saturated heterocycles. The number of aromatic carboxylic acids is 1. The van der Waals surface area contributed by atoms with E-state index >= 15 is 0 Å². The van der Waals surface area contributed by atoms with E-state index in [9.17, 15) is 19.5 Å². The number of ketones is 1. The second kappa shape index (κ2) is 6.37. The van der Waals surface area contributed by atoms with Crippen LogP contribution in [-0.4, -0.2) is 26.6 Å². The van der Waals surface area contributed by atoms with E-state index in [0.29, 0.717) is 0 Å². The van der Waals surface area contributed by atoms with Gasteiger partial charge in [0.25, 0.3) is 5.56 Å². The molecule has 24 heavy (non-hydrogen) atoms. The summed E-state index contributed by atoms with van der Waals surface area (Å²) in [6.45, 7) is 5.00. The molecule has 8 heteroatoms. The third-order valence-electron chi connectivity index (χ3n) is 3.19. The second-order valence-electron chi connectivity index (χ2n) is 6.14. The fourth-order valence-electron chi connectivity index (χ4n) is 1.95. The fraction of sp³-hybridized carbons (Fsp3) is 0.250. The van der Waals surface area contributed by atoms with Gasteiger partial charge in [-0.3, -0.25) is 9.59 Å². The number of hydrogen-bond acceptors (Lipinski definition) is 4. The molecule has 0 unspecified atom stereocenters. The van der Waals surface area contributed by atoms with Gasteiger partial charge in [-0.05, 0) is 24.3 Å². The highest BCUT2D eigenvalue weighted by Gasteiger charge is 2.27. The number of carbonyl (C=O) groups is 2. The summed E-state index contributed by atoms with van der Waals surface area (Å²) >= 11 is 12.0. The first kappa shape index (κ1) is 18.2. The Morgan fingerprint density at radius 1 is 1.17 bits per heavy atom. The predicted octanol–water partition coefficient (Wildman–Crippen LogP) is 3.47. The maximum Gasteiger partial charge on any atom is 0.341 e. The largest absolute Gasteiger partial charge is 0.477 e. The molecule has 0 aliphatic carbocycles. The molecule has 0 fully saturated rings. The van der Waals surface area contributed by atoms with Crippen molar-refractivity contribution < 1.29 is 14.7 Å². The number of halogens is 2. The highest BCUT2D eigenvalue weighted by Crippen LogP contribution is 2.24. The molecule has 0 radical (unpaired) electrons. The molecule has 0 atom stereocenters. The molecule has 0 bridgehead atoms. The van der Waals surface area contributed by atoms with Crippen molar-refractivity contribution in [3.05, 3.63) is 55.9 Å². The molecule has 1 aromatic heterocycles. The van der Waals surface area contributed by atoms with E-state index in [1.165, 1.54) is 18.2 Å². The summed E-state index contributed by atoms with van der Waals surface area (Å²) in [6, 6.07) is 5.31. The van der Waals surface area contributed by atoms with Crippen LogP contribution in [0.1, 0.15) is 41.6 Å². The van der Waals surface area contributed by atoms with Crippen LogP contribution in [0.3, 0.4) is 0 Å². The van der Waals surface area contributed by atoms with Gasteiger partial charge in [0.05, 0.1) is 10.7 Å². The van der Waals surface area contributed by atoms with Gasteiger partial charge in [-0.2, -0.15) is 9.78 Å². The van der Waals surface area contributed by atoms with Crippen molar-refractivity contribution in [3.63, 3.8) is 0 Å². The molecule has 1 heterocycles. The third kappa shape index (κ3) is 3.49. The van der Waals surface area contributed by atoms with Crippen molar-refractivity contribution in [3.8, 4) is 5.69 Å². The molecule has 126 valence electrons. The smallest absolute Gasteiger partial charge is 0.341 e. The van der Waals surface area contributed by atoms with E-state index in [-0.39, 0.29) is 21.4 Å². The number of Topliss-reactive ketones (excluding diaryl/α,β-unsaturated/α-hetero) is 1. The lowest BCUT2D eigenvalue weighted by molar-refractivity contribution is 0.0694. The summed E-state index contributed by atoms with van der Waals surface area (Å²) in [5.41, 5.74) is -2.33. The van der Waals surface area contributed by atoms with Gasteiger partial charge in [-0.1, -0.05) is 44.0 Å². The van der Waals surface area contributed by atoms with E-state index < -0.39 is 28.3 Å². The lowest BCUT2D eigenvalue weighted by Gasteiger charge is -2.17. The second-order valence-corrected chi connectivity index (χ2v) is 6.98. The van der Waals surface area contributed by atoms with Crippen molar-refractivity contribution >= 4 is 35.0 Å². The first-order chi connectivity index (χ1) is 11.0. The Morgan fingerprint density at radius 3 is 2.33 bits per heavy atom. The first-order valence-corrected chi connectivity index (χ1v) is 7.66. The van der Waals surface area contributed by atoms with Gasteiger partial charge < -0.3 is 5.11 Å². The molecule has 0 amide bonds. The Balaban J connectivity index is 2.83. The van der Waals surface area contributed by atoms with Crippen LogP contribution in [0.25, 0.3) is 5.69 Å². The van der Waals surface area contributed by atoms with E-state index in [0.717, 1.165) is 10.7 Å². The number of carboxylic acids is 1. The molecule has 6 nitrogen and oxygen atoms in total. The van der Waals surface area contributed by atoms with Gasteiger partial charge in [0.2, 0.25) is 0 Å². The Bertz CT molecular complexity index is 898. The van der Waals surface area contributed by atoms with Crippen molar-refractivity contribution in [2.45, 2.75) is 20.8 Å². The van der Waals surface area contributed by atoms with E-state index in [1.54, 1.807) is 20.8 Å². The summed E-state index contributed by atoms with van der Waals surface area (Å²) in [5, 5.41) is 13.7. The maximum absolute atomic E-state index is 12.5. The van der Waals surface area contributed by atoms with Gasteiger partial charge in [-0.25, -0.2) is 4.79 Å². The molecule has 1 aromatic carbocycles. The van der Waals surface area contributed by atoms with Crippen molar-refractivity contribution in [2.24, 2.45) is 5.41 Å². The van der Waals surface area contributed by atoms with Gasteiger partial charge in [0.15, 0.2) is 5.78 Å². The summed E-state index contributed by atoms with van der Waals surface area (Å²) in [7, 11) is 0. The monoisotopic (exact) mass is 368 g/mol. The lowest BCUT2D eigenvalue weighted by atomic mass is 9.88. The minimum Gasteiger partial charge on any atom is -0.477 e. The highest BCUT2D eigenvalue weighted by atomic mass is 35.5. The van der Waals surface area contributed by atoms with Crippen LogP contribution in [0.4, 0.5) is 0 Å². The average Bonchev–Trinajstić information content (AvgIpc) is 2.48. The predicted molar refractivity (Wildman–Crippen MR) is 90.6 cm³/mol. The van der Waals surface area contributed by atoms with Gasteiger partial charge in [0, 0.05) is 10.4 Å². The zero-order valence-corrected chi connectivity index (χ0v) is 14.6. The Morgan fingerprint density at radius 2 is 1.79 bits per heavy atom. The van der Waals surface area contributed by atoms with E-state index in [2.05, 4.69) is 5.10 Å². The molecular formula is C16H14Cl2N2O4. The Kier molecular flexibility index (Phi) is 4.82. The van der Waals surface area contributed by atoms with Crippen molar-refractivity contribution in [1.29, 1.82) is 0 Å². The first-order valence-electron chi connectivity index (χ1n) is 6.90. The molecule has 1 N–H and O–H groups in total. The van der Waals surface area contributed by atoms with Crippen LogP contribution in [0.15, 0.2) is 29.1 Å². The molecule has 0 spiro atoms. The van der Waals surface area contributed by atoms with Crippen LogP contribution in [0, 0.1) is 5.41 Å². The summed E-state index contributed by atoms with van der Waals surface area (Å²) in [4.78, 5) is 36.2. The zero-order valence-electron chi connectivity index (χ0n) is 13.1. The quantitative estimate of drug-likeness (QED) is 0.837. The van der Waals surface area contributed by atoms with E-state index in [4.69, 9.17) is 23.2 Å². The summed E-state index contributed by atoms with van der Waals surface area (Å²) < 4.78 is 0.788. The molecule has 0 aliphatic heterocycles. The molecule has 2 rings (SSSR count). The normalized spacial score (nSPS) is 11.4. The molecule has 0 aliphatic rings. The number of carboxylic acid groups (broad SMARTS) is 1. The number of carbonyl (C=O) groups excluding carboxylic acids is 1. The number of benzene rings is 1. The SMILES string of the molecule is CC(C)(C)C(=O)c1cc(C(=O)O)c(=O)n(-c2cc(Cl)ccc2Cl)n1. The standard InChI is InChI=1S/C16H14Cl2N2O4/c1-16(2,3)13(21)11-7-9(15(23)24)14(22)20(19-11)12-6-8(17)4-5-10(12)18/h4-7H,1-3H3,(H,23,24). The number of aromatic nitrogens is 2.